The molecule has 1 aromatic heterocycles. The molecule has 1 amide bonds. The maximum Gasteiger partial charge on any atom is 0.251 e. The number of hydrogen-bond donors (Lipinski definition) is 1. The summed E-state index contributed by atoms with van der Waals surface area (Å²) in [5, 5.41) is 7.31. The molecular formula is C18H25N3O4. The summed E-state index contributed by atoms with van der Waals surface area (Å²) >= 11 is 0. The summed E-state index contributed by atoms with van der Waals surface area (Å²) in [5.41, 5.74) is 3.71. The topological polar surface area (TPSA) is 74.6 Å². The third-order valence-corrected chi connectivity index (χ3v) is 4.25. The van der Waals surface area contributed by atoms with Gasteiger partial charge in [0.15, 0.2) is 11.5 Å². The first-order valence-electron chi connectivity index (χ1n) is 8.00. The number of carbonyl (C=O) groups is 1. The minimum Gasteiger partial charge on any atom is -0.493 e. The van der Waals surface area contributed by atoms with E-state index in [1.807, 2.05) is 25.6 Å². The Morgan fingerprint density at radius 2 is 1.72 bits per heavy atom. The fraction of sp³-hybridized carbons (Fsp3) is 0.444. The van der Waals surface area contributed by atoms with Gasteiger partial charge in [0.1, 0.15) is 0 Å². The fourth-order valence-electron chi connectivity index (χ4n) is 2.79. The number of benzene rings is 1. The minimum absolute atomic E-state index is 0.196. The van der Waals surface area contributed by atoms with E-state index < -0.39 is 0 Å². The number of nitrogens with one attached hydrogen (secondary N) is 1. The summed E-state index contributed by atoms with van der Waals surface area (Å²) in [6.45, 7) is 4.52. The molecule has 7 heteroatoms. The molecule has 1 N–H and O–H groups in total. The molecule has 0 unspecified atom stereocenters. The van der Waals surface area contributed by atoms with Gasteiger partial charge in [-0.3, -0.25) is 9.48 Å². The van der Waals surface area contributed by atoms with Gasteiger partial charge >= 0.3 is 0 Å². The Hall–Kier alpha value is -2.70. The molecule has 2 aromatic rings. The van der Waals surface area contributed by atoms with Crippen molar-refractivity contribution in [1.82, 2.24) is 15.1 Å². The van der Waals surface area contributed by atoms with Crippen LogP contribution in [-0.4, -0.2) is 43.6 Å². The van der Waals surface area contributed by atoms with Crippen molar-refractivity contribution in [2.24, 2.45) is 7.05 Å². The van der Waals surface area contributed by atoms with Gasteiger partial charge in [-0.25, -0.2) is 0 Å². The van der Waals surface area contributed by atoms with E-state index in [0.29, 0.717) is 29.4 Å². The van der Waals surface area contributed by atoms with E-state index in [9.17, 15) is 4.79 Å². The second-order valence-corrected chi connectivity index (χ2v) is 5.69. The Balaban J connectivity index is 2.10. The summed E-state index contributed by atoms with van der Waals surface area (Å²) in [4.78, 5) is 12.5. The summed E-state index contributed by atoms with van der Waals surface area (Å²) in [6, 6.07) is 3.27. The highest BCUT2D eigenvalue weighted by molar-refractivity contribution is 5.95. The van der Waals surface area contributed by atoms with Gasteiger partial charge in [-0.1, -0.05) is 0 Å². The Morgan fingerprint density at radius 1 is 1.12 bits per heavy atom. The molecule has 7 nitrogen and oxygen atoms in total. The van der Waals surface area contributed by atoms with E-state index in [-0.39, 0.29) is 5.91 Å². The number of aromatic nitrogens is 2. The average molecular weight is 347 g/mol. The molecular weight excluding hydrogens is 322 g/mol. The normalized spacial score (nSPS) is 10.5. The summed E-state index contributed by atoms with van der Waals surface area (Å²) < 4.78 is 17.7. The highest BCUT2D eigenvalue weighted by Crippen LogP contribution is 2.38. The Kier molecular flexibility index (Phi) is 5.90. The van der Waals surface area contributed by atoms with Crippen LogP contribution in [0.15, 0.2) is 12.1 Å². The van der Waals surface area contributed by atoms with E-state index in [4.69, 9.17) is 14.2 Å². The van der Waals surface area contributed by atoms with E-state index in [2.05, 4.69) is 10.4 Å². The molecule has 2 rings (SSSR count). The number of rotatable bonds is 7. The SMILES string of the molecule is COc1cc(C(=O)NCCc2c(C)nn(C)c2C)cc(OC)c1OC. The molecule has 0 aliphatic carbocycles. The quantitative estimate of drug-likeness (QED) is 0.829. The summed E-state index contributed by atoms with van der Waals surface area (Å²) in [6.07, 6.45) is 0.724. The molecule has 136 valence electrons. The number of aryl methyl sites for hydroxylation is 2. The highest BCUT2D eigenvalue weighted by atomic mass is 16.5. The number of nitrogens with zero attached hydrogens (tertiary/aromatic N) is 2. The van der Waals surface area contributed by atoms with Crippen LogP contribution in [-0.2, 0) is 13.5 Å². The molecule has 1 heterocycles. The van der Waals surface area contributed by atoms with Crippen LogP contribution in [0, 0.1) is 13.8 Å². The highest BCUT2D eigenvalue weighted by Gasteiger charge is 2.17. The van der Waals surface area contributed by atoms with Crippen molar-refractivity contribution in [1.29, 1.82) is 0 Å². The van der Waals surface area contributed by atoms with Crippen LogP contribution in [0.5, 0.6) is 17.2 Å². The lowest BCUT2D eigenvalue weighted by Crippen LogP contribution is -2.26. The lowest BCUT2D eigenvalue weighted by molar-refractivity contribution is 0.0953. The Labute approximate surface area is 147 Å². The third-order valence-electron chi connectivity index (χ3n) is 4.25. The molecule has 0 radical (unpaired) electrons. The van der Waals surface area contributed by atoms with Gasteiger partial charge in [0, 0.05) is 24.8 Å². The van der Waals surface area contributed by atoms with Gasteiger partial charge in [0.05, 0.1) is 27.0 Å². The molecule has 0 aliphatic heterocycles. The average Bonchev–Trinajstić information content (AvgIpc) is 2.86. The largest absolute Gasteiger partial charge is 0.493 e. The van der Waals surface area contributed by atoms with Crippen molar-refractivity contribution in [3.63, 3.8) is 0 Å². The van der Waals surface area contributed by atoms with Crippen LogP contribution in [0.3, 0.4) is 0 Å². The van der Waals surface area contributed by atoms with E-state index in [1.54, 1.807) is 12.1 Å². The number of amides is 1. The molecule has 0 aliphatic rings. The van der Waals surface area contributed by atoms with Gasteiger partial charge in [-0.15, -0.1) is 0 Å². The van der Waals surface area contributed by atoms with Crippen LogP contribution in [0.1, 0.15) is 27.3 Å². The second-order valence-electron chi connectivity index (χ2n) is 5.69. The van der Waals surface area contributed by atoms with Crippen LogP contribution in [0.2, 0.25) is 0 Å². The van der Waals surface area contributed by atoms with Crippen molar-refractivity contribution in [2.75, 3.05) is 27.9 Å². The number of methoxy groups -OCH3 is 3. The zero-order valence-electron chi connectivity index (χ0n) is 15.6. The molecule has 0 spiro atoms. The molecule has 0 fully saturated rings. The lowest BCUT2D eigenvalue weighted by Gasteiger charge is -2.14. The predicted molar refractivity (Wildman–Crippen MR) is 94.8 cm³/mol. The first-order chi connectivity index (χ1) is 11.9. The monoisotopic (exact) mass is 347 g/mol. The van der Waals surface area contributed by atoms with Gasteiger partial charge in [-0.2, -0.15) is 5.10 Å². The van der Waals surface area contributed by atoms with Gasteiger partial charge < -0.3 is 19.5 Å². The predicted octanol–water partition coefficient (Wildman–Crippen LogP) is 2.04. The number of ether oxygens (including phenoxy) is 3. The van der Waals surface area contributed by atoms with E-state index >= 15 is 0 Å². The van der Waals surface area contributed by atoms with Crippen molar-refractivity contribution in [2.45, 2.75) is 20.3 Å². The van der Waals surface area contributed by atoms with Crippen molar-refractivity contribution in [3.05, 3.63) is 34.6 Å². The molecule has 0 saturated carbocycles. The zero-order chi connectivity index (χ0) is 18.6. The third kappa shape index (κ3) is 3.87. The first-order valence-corrected chi connectivity index (χ1v) is 8.00. The van der Waals surface area contributed by atoms with E-state index in [1.165, 1.54) is 21.3 Å². The Bertz CT molecular complexity index is 743. The maximum atomic E-state index is 12.5. The lowest BCUT2D eigenvalue weighted by atomic mass is 10.1. The molecule has 1 aromatic carbocycles. The standard InChI is InChI=1S/C18H25N3O4/c1-11-14(12(2)21(3)20-11)7-8-19-18(22)13-9-15(23-4)17(25-6)16(10-13)24-5/h9-10H,7-8H2,1-6H3,(H,19,22). The Morgan fingerprint density at radius 3 is 2.16 bits per heavy atom. The number of carbonyl (C=O) groups excluding carboxylic acids is 1. The molecule has 0 saturated heterocycles. The zero-order valence-corrected chi connectivity index (χ0v) is 15.6. The van der Waals surface area contributed by atoms with Crippen LogP contribution >= 0.6 is 0 Å². The molecule has 0 bridgehead atoms. The van der Waals surface area contributed by atoms with E-state index in [0.717, 1.165) is 23.4 Å². The van der Waals surface area contributed by atoms with Gasteiger partial charge in [0.25, 0.3) is 5.91 Å². The molecule has 0 atom stereocenters. The van der Waals surface area contributed by atoms with Crippen LogP contribution in [0.25, 0.3) is 0 Å². The fourth-order valence-corrected chi connectivity index (χ4v) is 2.79. The van der Waals surface area contributed by atoms with Crippen LogP contribution < -0.4 is 19.5 Å². The summed E-state index contributed by atoms with van der Waals surface area (Å²) in [7, 11) is 6.48. The van der Waals surface area contributed by atoms with Gasteiger partial charge in [-0.05, 0) is 38.0 Å². The van der Waals surface area contributed by atoms with Gasteiger partial charge in [0.2, 0.25) is 5.75 Å². The van der Waals surface area contributed by atoms with Crippen LogP contribution in [0.4, 0.5) is 0 Å². The maximum absolute atomic E-state index is 12.5. The van der Waals surface area contributed by atoms with Crippen molar-refractivity contribution >= 4 is 5.91 Å². The number of hydrogen-bond acceptors (Lipinski definition) is 5. The summed E-state index contributed by atoms with van der Waals surface area (Å²) in [5.74, 6) is 1.17. The van der Waals surface area contributed by atoms with Crippen molar-refractivity contribution in [3.8, 4) is 17.2 Å². The first kappa shape index (κ1) is 18.6. The second kappa shape index (κ2) is 7.92. The molecule has 25 heavy (non-hydrogen) atoms. The van der Waals surface area contributed by atoms with Crippen molar-refractivity contribution < 1.29 is 19.0 Å². The minimum atomic E-state index is -0.196. The smallest absolute Gasteiger partial charge is 0.251 e.